The van der Waals surface area contributed by atoms with Crippen LogP contribution in [0.2, 0.25) is 52.4 Å². The van der Waals surface area contributed by atoms with Gasteiger partial charge in [-0.3, -0.25) is 0 Å². The summed E-state index contributed by atoms with van der Waals surface area (Å²) in [6.07, 6.45) is -0.468. The normalized spacial score (nSPS) is 18.1. The van der Waals surface area contributed by atoms with Crippen LogP contribution in [0.5, 0.6) is 0 Å². The zero-order valence-corrected chi connectivity index (χ0v) is 23.6. The molecule has 28 heavy (non-hydrogen) atoms. The highest BCUT2D eigenvalue weighted by molar-refractivity contribution is 6.86. The highest BCUT2D eigenvalue weighted by Gasteiger charge is 2.47. The zero-order chi connectivity index (χ0) is 22.3. The second kappa shape index (κ2) is 11.3. The fourth-order valence-electron chi connectivity index (χ4n) is 2.94. The number of carbonyl (C=O) groups is 1. The number of aliphatic hydroxyl groups excluding tert-OH is 1. The Labute approximate surface area is 177 Å². The standard InChI is InChI=1S/C18H41O6Si4/c1-12-18(25(4)23-27(6,7)8,26(5)24-28(9,10)11)21-14-13-16(19)22-17(20)15(2)3/h16,19,25-26H,1-2,12-14H2,3-11H3. The van der Waals surface area contributed by atoms with Crippen LogP contribution in [0.15, 0.2) is 12.2 Å². The molecule has 1 N–H and O–H groups in total. The molecule has 0 spiro atoms. The zero-order valence-electron chi connectivity index (χ0n) is 19.3. The highest BCUT2D eigenvalue weighted by atomic mass is 28.4. The number of hydrogen-bond donors (Lipinski definition) is 1. The Hall–Kier alpha value is -0.0825. The minimum Gasteiger partial charge on any atom is -0.456 e. The molecule has 0 saturated carbocycles. The fraction of sp³-hybridized carbons (Fsp3) is 0.778. The van der Waals surface area contributed by atoms with E-state index in [1.807, 2.05) is 0 Å². The first-order valence-corrected chi connectivity index (χ1v) is 21.1. The van der Waals surface area contributed by atoms with E-state index in [4.69, 9.17) is 17.7 Å². The summed E-state index contributed by atoms with van der Waals surface area (Å²) in [5.74, 6) is -0.606. The first-order chi connectivity index (χ1) is 12.5. The Bertz CT molecular complexity index is 493. The van der Waals surface area contributed by atoms with Crippen molar-refractivity contribution in [2.45, 2.75) is 83.3 Å². The Morgan fingerprint density at radius 1 is 1.07 bits per heavy atom. The third kappa shape index (κ3) is 10.1. The summed E-state index contributed by atoms with van der Waals surface area (Å²) >= 11 is 0. The fourth-order valence-corrected chi connectivity index (χ4v) is 18.4. The number of hydrogen-bond acceptors (Lipinski definition) is 6. The SMILES string of the molecule is [CH2]CC(OCCC(O)OC(=O)C(=C)C)([SiH](C)O[Si](C)(C)C)[SiH](C)O[Si](C)(C)C. The first kappa shape index (κ1) is 27.9. The average molecular weight is 466 g/mol. The predicted molar refractivity (Wildman–Crippen MR) is 125 cm³/mol. The van der Waals surface area contributed by atoms with Gasteiger partial charge in [0.15, 0.2) is 34.7 Å². The number of esters is 1. The van der Waals surface area contributed by atoms with Crippen molar-refractivity contribution in [2.24, 2.45) is 0 Å². The van der Waals surface area contributed by atoms with E-state index in [1.165, 1.54) is 0 Å². The monoisotopic (exact) mass is 465 g/mol. The van der Waals surface area contributed by atoms with E-state index in [9.17, 15) is 9.90 Å². The molecule has 0 aliphatic rings. The third-order valence-corrected chi connectivity index (χ3v) is 19.1. The number of aliphatic hydroxyl groups is 1. The Morgan fingerprint density at radius 3 is 1.82 bits per heavy atom. The second-order valence-corrected chi connectivity index (χ2v) is 24.8. The van der Waals surface area contributed by atoms with Crippen molar-refractivity contribution in [3.63, 3.8) is 0 Å². The van der Waals surface area contributed by atoms with Gasteiger partial charge in [-0.2, -0.15) is 0 Å². The molecule has 0 aliphatic heterocycles. The lowest BCUT2D eigenvalue weighted by molar-refractivity contribution is -0.166. The van der Waals surface area contributed by atoms with E-state index in [0.717, 1.165) is 0 Å². The molecule has 3 atom stereocenters. The summed E-state index contributed by atoms with van der Waals surface area (Å²) in [5, 5.41) is 9.98. The molecule has 10 heteroatoms. The maximum Gasteiger partial charge on any atom is 0.335 e. The van der Waals surface area contributed by atoms with Gasteiger partial charge in [0.25, 0.3) is 0 Å². The topological polar surface area (TPSA) is 74.2 Å². The van der Waals surface area contributed by atoms with Crippen LogP contribution in [0.3, 0.4) is 0 Å². The number of rotatable bonds is 13. The van der Waals surface area contributed by atoms with Crippen LogP contribution >= 0.6 is 0 Å². The van der Waals surface area contributed by atoms with Crippen molar-refractivity contribution in [3.8, 4) is 0 Å². The summed E-state index contributed by atoms with van der Waals surface area (Å²) in [6, 6.07) is 0. The molecule has 0 aromatic heterocycles. The summed E-state index contributed by atoms with van der Waals surface area (Å²) in [5.41, 5.74) is 0.251. The van der Waals surface area contributed by atoms with Gasteiger partial charge in [-0.1, -0.05) is 13.5 Å². The minimum absolute atomic E-state index is 0.183. The maximum atomic E-state index is 11.5. The maximum absolute atomic E-state index is 11.5. The average Bonchev–Trinajstić information content (AvgIpc) is 2.47. The van der Waals surface area contributed by atoms with Gasteiger partial charge >= 0.3 is 5.97 Å². The summed E-state index contributed by atoms with van der Waals surface area (Å²) in [7, 11) is -7.09. The van der Waals surface area contributed by atoms with Crippen LogP contribution in [0.4, 0.5) is 0 Å². The molecule has 0 fully saturated rings. The van der Waals surface area contributed by atoms with Crippen LogP contribution < -0.4 is 0 Å². The van der Waals surface area contributed by atoms with Gasteiger partial charge in [0, 0.05) is 12.0 Å². The van der Waals surface area contributed by atoms with Crippen LogP contribution in [0.1, 0.15) is 19.8 Å². The van der Waals surface area contributed by atoms with Crippen LogP contribution in [0.25, 0.3) is 0 Å². The van der Waals surface area contributed by atoms with E-state index >= 15 is 0 Å². The lowest BCUT2D eigenvalue weighted by atomic mass is 10.3. The third-order valence-electron chi connectivity index (χ3n) is 4.15. The molecule has 0 amide bonds. The predicted octanol–water partition coefficient (Wildman–Crippen LogP) is 3.28. The van der Waals surface area contributed by atoms with E-state index in [2.05, 4.69) is 65.9 Å². The van der Waals surface area contributed by atoms with Crippen molar-refractivity contribution in [3.05, 3.63) is 19.1 Å². The molecule has 3 unspecified atom stereocenters. The molecule has 165 valence electrons. The van der Waals surface area contributed by atoms with Crippen molar-refractivity contribution >= 4 is 40.7 Å². The largest absolute Gasteiger partial charge is 0.456 e. The number of ether oxygens (including phenoxy) is 2. The van der Waals surface area contributed by atoms with Gasteiger partial charge in [-0.15, -0.1) is 0 Å². The molecular formula is C18H41O6Si4. The van der Waals surface area contributed by atoms with Crippen molar-refractivity contribution in [1.82, 2.24) is 0 Å². The van der Waals surface area contributed by atoms with Crippen LogP contribution in [0, 0.1) is 6.92 Å². The Morgan fingerprint density at radius 2 is 1.50 bits per heavy atom. The van der Waals surface area contributed by atoms with Gasteiger partial charge in [0.1, 0.15) is 0 Å². The van der Waals surface area contributed by atoms with E-state index < -0.39 is 51.8 Å². The number of carbonyl (C=O) groups excluding carboxylic acids is 1. The van der Waals surface area contributed by atoms with Crippen LogP contribution in [-0.4, -0.2) is 63.5 Å². The molecule has 0 aromatic carbocycles. The molecule has 0 bridgehead atoms. The quantitative estimate of drug-likeness (QED) is 0.195. The van der Waals surface area contributed by atoms with E-state index in [0.29, 0.717) is 6.42 Å². The van der Waals surface area contributed by atoms with E-state index in [-0.39, 0.29) is 18.6 Å². The molecule has 1 radical (unpaired) electrons. The highest BCUT2D eigenvalue weighted by Crippen LogP contribution is 2.29. The van der Waals surface area contributed by atoms with Gasteiger partial charge in [0.05, 0.1) is 11.5 Å². The molecule has 0 aliphatic carbocycles. The van der Waals surface area contributed by atoms with Gasteiger partial charge in [-0.05, 0) is 65.7 Å². The molecule has 0 rings (SSSR count). The van der Waals surface area contributed by atoms with Gasteiger partial charge in [-0.25, -0.2) is 4.79 Å². The first-order valence-electron chi connectivity index (χ1n) is 9.87. The Balaban J connectivity index is 5.31. The van der Waals surface area contributed by atoms with E-state index in [1.54, 1.807) is 6.92 Å². The lowest BCUT2D eigenvalue weighted by Gasteiger charge is -2.44. The minimum atomic E-state index is -1.80. The molecule has 0 heterocycles. The molecule has 0 aromatic rings. The molecular weight excluding hydrogens is 425 g/mol. The van der Waals surface area contributed by atoms with Crippen molar-refractivity contribution in [1.29, 1.82) is 0 Å². The summed E-state index contributed by atoms with van der Waals surface area (Å²) in [6.45, 7) is 26.9. The summed E-state index contributed by atoms with van der Waals surface area (Å²) < 4.78 is 24.3. The second-order valence-electron chi connectivity index (χ2n) is 9.23. The summed E-state index contributed by atoms with van der Waals surface area (Å²) in [4.78, 5) is 11.1. The molecule has 6 nitrogen and oxygen atoms in total. The molecule has 0 saturated heterocycles. The van der Waals surface area contributed by atoms with Crippen molar-refractivity contribution < 1.29 is 27.6 Å². The lowest BCUT2D eigenvalue weighted by Crippen LogP contribution is -2.63. The van der Waals surface area contributed by atoms with Gasteiger partial charge in [0.2, 0.25) is 6.29 Å². The van der Waals surface area contributed by atoms with Crippen molar-refractivity contribution in [2.75, 3.05) is 6.61 Å². The smallest absolute Gasteiger partial charge is 0.335 e. The van der Waals surface area contributed by atoms with Crippen LogP contribution in [-0.2, 0) is 22.5 Å². The van der Waals surface area contributed by atoms with Gasteiger partial charge < -0.3 is 22.8 Å². The Kier molecular flexibility index (Phi) is 11.3.